The number of benzene rings is 1. The van der Waals surface area contributed by atoms with E-state index in [9.17, 15) is 18.4 Å². The highest BCUT2D eigenvalue weighted by molar-refractivity contribution is 6.31. The van der Waals surface area contributed by atoms with Crippen LogP contribution in [0.5, 0.6) is 0 Å². The molecular formula is C18H15ClF3N3O. The lowest BCUT2D eigenvalue weighted by Gasteiger charge is -2.41. The standard InChI is InChI=1S/C18H15ClF3N3O/c19-15-10-14(18(20,21)22)11-24-16(15)17(12-23,13-4-2-1-3-5-13)25-6-8-26-9-7-25/h1-5,10-11H,6-9H2/t17-/m1/s1. The van der Waals surface area contributed by atoms with Crippen molar-refractivity contribution in [3.8, 4) is 6.07 Å². The van der Waals surface area contributed by atoms with E-state index in [1.807, 2.05) is 4.90 Å². The maximum Gasteiger partial charge on any atom is 0.417 e. The van der Waals surface area contributed by atoms with Gasteiger partial charge in [-0.15, -0.1) is 0 Å². The van der Waals surface area contributed by atoms with Gasteiger partial charge < -0.3 is 4.74 Å². The Balaban J connectivity index is 2.20. The fraction of sp³-hybridized carbons (Fsp3) is 0.333. The summed E-state index contributed by atoms with van der Waals surface area (Å²) in [7, 11) is 0. The first-order chi connectivity index (χ1) is 12.4. The maximum atomic E-state index is 13.0. The maximum absolute atomic E-state index is 13.0. The van der Waals surface area contributed by atoms with Crippen LogP contribution in [0.15, 0.2) is 42.6 Å². The molecule has 1 aliphatic heterocycles. The number of alkyl halides is 3. The summed E-state index contributed by atoms with van der Waals surface area (Å²) in [6.45, 7) is 1.69. The molecule has 136 valence electrons. The van der Waals surface area contributed by atoms with Crippen molar-refractivity contribution in [3.63, 3.8) is 0 Å². The van der Waals surface area contributed by atoms with Gasteiger partial charge in [0, 0.05) is 19.3 Å². The molecule has 0 bridgehead atoms. The van der Waals surface area contributed by atoms with E-state index >= 15 is 0 Å². The lowest BCUT2D eigenvalue weighted by molar-refractivity contribution is -0.137. The highest BCUT2D eigenvalue weighted by Crippen LogP contribution is 2.40. The van der Waals surface area contributed by atoms with Gasteiger partial charge >= 0.3 is 6.18 Å². The van der Waals surface area contributed by atoms with Crippen molar-refractivity contribution in [1.82, 2.24) is 9.88 Å². The summed E-state index contributed by atoms with van der Waals surface area (Å²) in [5, 5.41) is 9.94. The number of nitriles is 1. The average Bonchev–Trinajstić information content (AvgIpc) is 2.65. The zero-order valence-electron chi connectivity index (χ0n) is 13.6. The van der Waals surface area contributed by atoms with Gasteiger partial charge in [0.25, 0.3) is 0 Å². The van der Waals surface area contributed by atoms with Crippen LogP contribution >= 0.6 is 11.6 Å². The number of halogens is 4. The number of nitrogens with zero attached hydrogens (tertiary/aromatic N) is 3. The van der Waals surface area contributed by atoms with Gasteiger partial charge in [-0.2, -0.15) is 18.4 Å². The van der Waals surface area contributed by atoms with E-state index in [0.717, 1.165) is 12.3 Å². The van der Waals surface area contributed by atoms with Crippen LogP contribution in [-0.4, -0.2) is 36.2 Å². The van der Waals surface area contributed by atoms with Crippen molar-refractivity contribution < 1.29 is 17.9 Å². The number of hydrogen-bond acceptors (Lipinski definition) is 4. The molecule has 26 heavy (non-hydrogen) atoms. The van der Waals surface area contributed by atoms with Crippen LogP contribution in [0.3, 0.4) is 0 Å². The van der Waals surface area contributed by atoms with Crippen LogP contribution in [0, 0.1) is 11.3 Å². The zero-order chi connectivity index (χ0) is 18.8. The molecule has 1 saturated heterocycles. The quantitative estimate of drug-likeness (QED) is 0.810. The molecule has 1 aromatic carbocycles. The van der Waals surface area contributed by atoms with Crippen LogP contribution in [0.4, 0.5) is 13.2 Å². The SMILES string of the molecule is N#C[C@@](c1ccccc1)(c1ncc(C(F)(F)F)cc1Cl)N1CCOCC1. The number of aromatic nitrogens is 1. The minimum absolute atomic E-state index is 0.0859. The molecule has 3 rings (SSSR count). The summed E-state index contributed by atoms with van der Waals surface area (Å²) in [4.78, 5) is 5.82. The second kappa shape index (κ2) is 7.23. The van der Waals surface area contributed by atoms with E-state index in [4.69, 9.17) is 16.3 Å². The van der Waals surface area contributed by atoms with Crippen LogP contribution in [0.2, 0.25) is 5.02 Å². The van der Waals surface area contributed by atoms with E-state index in [-0.39, 0.29) is 10.7 Å². The fourth-order valence-electron chi connectivity index (χ4n) is 3.09. The number of hydrogen-bond donors (Lipinski definition) is 0. The Bertz CT molecular complexity index is 817. The highest BCUT2D eigenvalue weighted by Gasteiger charge is 2.45. The van der Waals surface area contributed by atoms with Crippen molar-refractivity contribution in [2.45, 2.75) is 11.7 Å². The van der Waals surface area contributed by atoms with Crippen molar-refractivity contribution >= 4 is 11.6 Å². The molecule has 2 heterocycles. The van der Waals surface area contributed by atoms with Gasteiger partial charge in [-0.05, 0) is 11.6 Å². The van der Waals surface area contributed by atoms with Crippen LogP contribution < -0.4 is 0 Å². The summed E-state index contributed by atoms with van der Waals surface area (Å²) in [5.41, 5.74) is -1.67. The third-order valence-corrected chi connectivity index (χ3v) is 4.64. The Morgan fingerprint density at radius 2 is 1.77 bits per heavy atom. The third kappa shape index (κ3) is 3.28. The number of morpholine rings is 1. The molecule has 0 saturated carbocycles. The Morgan fingerprint density at radius 3 is 2.31 bits per heavy atom. The minimum atomic E-state index is -4.56. The van der Waals surface area contributed by atoms with Crippen molar-refractivity contribution in [2.75, 3.05) is 26.3 Å². The van der Waals surface area contributed by atoms with E-state index in [1.54, 1.807) is 30.3 Å². The van der Waals surface area contributed by atoms with E-state index in [0.29, 0.717) is 31.9 Å². The number of pyridine rings is 1. The second-order valence-corrected chi connectivity index (χ2v) is 6.25. The summed E-state index contributed by atoms with van der Waals surface area (Å²) >= 11 is 6.20. The predicted molar refractivity (Wildman–Crippen MR) is 89.5 cm³/mol. The summed E-state index contributed by atoms with van der Waals surface area (Å²) in [5.74, 6) is 0. The molecule has 4 nitrogen and oxygen atoms in total. The van der Waals surface area contributed by atoms with Crippen molar-refractivity contribution in [2.24, 2.45) is 0 Å². The first-order valence-electron chi connectivity index (χ1n) is 7.92. The third-order valence-electron chi connectivity index (χ3n) is 4.35. The van der Waals surface area contributed by atoms with Gasteiger partial charge in [-0.3, -0.25) is 9.88 Å². The second-order valence-electron chi connectivity index (χ2n) is 5.84. The molecule has 1 atom stereocenters. The van der Waals surface area contributed by atoms with E-state index in [2.05, 4.69) is 11.1 Å². The lowest BCUT2D eigenvalue weighted by atomic mass is 9.85. The fourth-order valence-corrected chi connectivity index (χ4v) is 3.40. The molecule has 1 fully saturated rings. The van der Waals surface area contributed by atoms with Crippen molar-refractivity contribution in [3.05, 3.63) is 64.4 Å². The predicted octanol–water partition coefficient (Wildman–Crippen LogP) is 3.85. The summed E-state index contributed by atoms with van der Waals surface area (Å²) < 4.78 is 44.2. The topological polar surface area (TPSA) is 49.2 Å². The highest BCUT2D eigenvalue weighted by atomic mass is 35.5. The minimum Gasteiger partial charge on any atom is -0.379 e. The Hall–Kier alpha value is -2.14. The molecule has 8 heteroatoms. The van der Waals surface area contributed by atoms with Crippen LogP contribution in [0.1, 0.15) is 16.8 Å². The lowest BCUT2D eigenvalue weighted by Crippen LogP contribution is -2.52. The molecule has 0 radical (unpaired) electrons. The number of rotatable bonds is 3. The molecule has 0 amide bonds. The molecule has 0 unspecified atom stereocenters. The van der Waals surface area contributed by atoms with Crippen LogP contribution in [-0.2, 0) is 16.5 Å². The summed E-state index contributed by atoms with van der Waals surface area (Å²) in [6, 6.07) is 11.9. The smallest absolute Gasteiger partial charge is 0.379 e. The molecular weight excluding hydrogens is 367 g/mol. The number of ether oxygens (including phenoxy) is 1. The largest absolute Gasteiger partial charge is 0.417 e. The molecule has 0 aliphatic carbocycles. The van der Waals surface area contributed by atoms with E-state index in [1.165, 1.54) is 0 Å². The zero-order valence-corrected chi connectivity index (χ0v) is 14.4. The average molecular weight is 382 g/mol. The van der Waals surface area contributed by atoms with E-state index < -0.39 is 17.3 Å². The van der Waals surface area contributed by atoms with Crippen molar-refractivity contribution in [1.29, 1.82) is 5.26 Å². The Labute approximate surface area is 153 Å². The first kappa shape index (κ1) is 18.6. The van der Waals surface area contributed by atoms with Crippen LogP contribution in [0.25, 0.3) is 0 Å². The normalized spacial score (nSPS) is 18.1. The molecule has 1 aromatic heterocycles. The van der Waals surface area contributed by atoms with Gasteiger partial charge in [0.15, 0.2) is 5.54 Å². The first-order valence-corrected chi connectivity index (χ1v) is 8.30. The molecule has 1 aliphatic rings. The van der Waals surface area contributed by atoms with Gasteiger partial charge in [-0.25, -0.2) is 0 Å². The van der Waals surface area contributed by atoms with Gasteiger partial charge in [-0.1, -0.05) is 41.9 Å². The molecule has 0 spiro atoms. The van der Waals surface area contributed by atoms with Gasteiger partial charge in [0.1, 0.15) is 0 Å². The van der Waals surface area contributed by atoms with Gasteiger partial charge in [0.05, 0.1) is 35.6 Å². The Kier molecular flexibility index (Phi) is 5.19. The molecule has 2 aromatic rings. The van der Waals surface area contributed by atoms with Gasteiger partial charge in [0.2, 0.25) is 0 Å². The molecule has 0 N–H and O–H groups in total. The summed E-state index contributed by atoms with van der Waals surface area (Å²) in [6.07, 6.45) is -3.84. The Morgan fingerprint density at radius 1 is 1.12 bits per heavy atom. The monoisotopic (exact) mass is 381 g/mol.